The molecule has 1 spiro atoms. The third-order valence-corrected chi connectivity index (χ3v) is 14.6. The number of para-hydroxylation sites is 1. The first-order valence-electron chi connectivity index (χ1n) is 23.0. The smallest absolute Gasteiger partial charge is 0.0726 e. The van der Waals surface area contributed by atoms with Gasteiger partial charge in [0.1, 0.15) is 0 Å². The van der Waals surface area contributed by atoms with Crippen molar-refractivity contribution in [2.45, 2.75) is 5.41 Å². The molecule has 0 aromatic heterocycles. The summed E-state index contributed by atoms with van der Waals surface area (Å²) in [6, 6.07) is 93.0. The van der Waals surface area contributed by atoms with E-state index in [1.807, 2.05) is 0 Å². The topological polar surface area (TPSA) is 3.24 Å². The lowest BCUT2D eigenvalue weighted by atomic mass is 9.65. The average molecular weight is 836 g/mol. The molecule has 1 nitrogen and oxygen atoms in total. The van der Waals surface area contributed by atoms with Gasteiger partial charge in [-0.15, -0.1) is 0 Å². The summed E-state index contributed by atoms with van der Waals surface area (Å²) in [7, 11) is 0. The molecule has 14 rings (SSSR count). The second-order valence-corrected chi connectivity index (χ2v) is 17.9. The highest BCUT2D eigenvalue weighted by Crippen LogP contribution is 2.64. The molecule has 12 aromatic carbocycles. The van der Waals surface area contributed by atoms with E-state index in [-0.39, 0.29) is 0 Å². The van der Waals surface area contributed by atoms with Gasteiger partial charge in [0.15, 0.2) is 0 Å². The van der Waals surface area contributed by atoms with Gasteiger partial charge in [-0.25, -0.2) is 0 Å². The zero-order chi connectivity index (χ0) is 43.3. The maximum Gasteiger partial charge on any atom is 0.0726 e. The minimum absolute atomic E-state index is 0.668. The van der Waals surface area contributed by atoms with E-state index in [1.165, 1.54) is 110 Å². The van der Waals surface area contributed by atoms with Crippen molar-refractivity contribution in [2.75, 3.05) is 4.90 Å². The minimum atomic E-state index is -0.668. The number of rotatable bonds is 5. The van der Waals surface area contributed by atoms with Crippen LogP contribution >= 0.6 is 0 Å². The first-order valence-corrected chi connectivity index (χ1v) is 23.0. The number of anilines is 3. The van der Waals surface area contributed by atoms with Crippen molar-refractivity contribution < 1.29 is 0 Å². The van der Waals surface area contributed by atoms with Gasteiger partial charge in [-0.2, -0.15) is 0 Å². The molecule has 0 heterocycles. The monoisotopic (exact) mass is 835 g/mol. The second-order valence-electron chi connectivity index (χ2n) is 17.9. The van der Waals surface area contributed by atoms with Crippen LogP contribution in [0.3, 0.4) is 0 Å². The lowest BCUT2D eigenvalue weighted by Crippen LogP contribution is -2.29. The van der Waals surface area contributed by atoms with E-state index in [9.17, 15) is 0 Å². The Bertz CT molecular complexity index is 3850. The van der Waals surface area contributed by atoms with Crippen LogP contribution in [0.15, 0.2) is 249 Å². The highest BCUT2D eigenvalue weighted by Gasteiger charge is 2.50. The summed E-state index contributed by atoms with van der Waals surface area (Å²) < 4.78 is 0. The molecule has 1 unspecified atom stereocenters. The molecule has 1 atom stereocenters. The summed E-state index contributed by atoms with van der Waals surface area (Å²) in [6.07, 6.45) is 0. The van der Waals surface area contributed by atoms with Crippen molar-refractivity contribution in [1.82, 2.24) is 0 Å². The van der Waals surface area contributed by atoms with E-state index in [4.69, 9.17) is 0 Å². The van der Waals surface area contributed by atoms with Crippen LogP contribution in [-0.4, -0.2) is 0 Å². The average Bonchev–Trinajstić information content (AvgIpc) is 3.63. The van der Waals surface area contributed by atoms with Crippen LogP contribution in [0.2, 0.25) is 0 Å². The van der Waals surface area contributed by atoms with E-state index in [1.54, 1.807) is 0 Å². The summed E-state index contributed by atoms with van der Waals surface area (Å²) in [4.78, 5) is 2.48. The van der Waals surface area contributed by atoms with Crippen molar-refractivity contribution in [1.29, 1.82) is 0 Å². The van der Waals surface area contributed by atoms with Crippen molar-refractivity contribution in [3.05, 3.63) is 271 Å². The normalized spacial score (nSPS) is 14.4. The Morgan fingerprint density at radius 2 is 0.803 bits per heavy atom. The van der Waals surface area contributed by atoms with Gasteiger partial charge in [-0.1, -0.05) is 212 Å². The van der Waals surface area contributed by atoms with Gasteiger partial charge in [0.25, 0.3) is 0 Å². The van der Waals surface area contributed by atoms with E-state index in [0.717, 1.165) is 17.1 Å². The molecule has 2 aliphatic rings. The predicted octanol–water partition coefficient (Wildman–Crippen LogP) is 17.4. The van der Waals surface area contributed by atoms with Crippen molar-refractivity contribution in [3.8, 4) is 55.6 Å². The molecule has 0 fully saturated rings. The molecule has 66 heavy (non-hydrogen) atoms. The van der Waals surface area contributed by atoms with Gasteiger partial charge in [0.2, 0.25) is 0 Å². The highest BCUT2D eigenvalue weighted by molar-refractivity contribution is 6.27. The molecule has 0 saturated carbocycles. The summed E-state index contributed by atoms with van der Waals surface area (Å²) >= 11 is 0. The van der Waals surface area contributed by atoms with Crippen LogP contribution in [0.1, 0.15) is 22.3 Å². The fourth-order valence-corrected chi connectivity index (χ4v) is 11.9. The molecule has 0 aliphatic heterocycles. The van der Waals surface area contributed by atoms with Crippen LogP contribution in [0, 0.1) is 0 Å². The first kappa shape index (κ1) is 36.9. The molecule has 0 N–H and O–H groups in total. The van der Waals surface area contributed by atoms with Gasteiger partial charge in [-0.3, -0.25) is 0 Å². The van der Waals surface area contributed by atoms with Crippen LogP contribution < -0.4 is 4.90 Å². The maximum atomic E-state index is 2.55. The summed E-state index contributed by atoms with van der Waals surface area (Å²) in [6.45, 7) is 0. The van der Waals surface area contributed by atoms with E-state index in [2.05, 4.69) is 254 Å². The van der Waals surface area contributed by atoms with Gasteiger partial charge >= 0.3 is 0 Å². The first-order chi connectivity index (χ1) is 32.8. The Balaban J connectivity index is 1.11. The van der Waals surface area contributed by atoms with E-state index < -0.39 is 5.41 Å². The summed E-state index contributed by atoms with van der Waals surface area (Å²) in [5.41, 5.74) is 20.3. The summed E-state index contributed by atoms with van der Waals surface area (Å²) in [5, 5.41) is 7.84. The highest BCUT2D eigenvalue weighted by atomic mass is 15.1. The Labute approximate surface area is 384 Å². The van der Waals surface area contributed by atoms with Crippen LogP contribution in [0.25, 0.3) is 88.0 Å². The van der Waals surface area contributed by atoms with E-state index in [0.29, 0.717) is 0 Å². The number of benzene rings is 12. The van der Waals surface area contributed by atoms with Gasteiger partial charge in [0, 0.05) is 16.9 Å². The lowest BCUT2D eigenvalue weighted by molar-refractivity contribution is 0.777. The Kier molecular flexibility index (Phi) is 7.97. The lowest BCUT2D eigenvalue weighted by Gasteiger charge is -2.37. The largest absolute Gasteiger partial charge is 0.310 e. The van der Waals surface area contributed by atoms with E-state index >= 15 is 0 Å². The zero-order valence-corrected chi connectivity index (χ0v) is 36.1. The van der Waals surface area contributed by atoms with Crippen molar-refractivity contribution in [2.24, 2.45) is 0 Å². The quantitative estimate of drug-likeness (QED) is 0.156. The van der Waals surface area contributed by atoms with Crippen LogP contribution in [-0.2, 0) is 5.41 Å². The minimum Gasteiger partial charge on any atom is -0.310 e. The third-order valence-electron chi connectivity index (χ3n) is 14.6. The molecule has 306 valence electrons. The SMILES string of the molecule is c1ccc(-c2ccc(N(c3ccc4c(c3)C3(c5ccccc5-c5ccccc5-4)c4ccccc4-c4c3cc3ccc5cccc6ccc4c3c56)c3ccccc3-c3ccccc3)cc2)cc1. The van der Waals surface area contributed by atoms with Gasteiger partial charge in [0.05, 0.1) is 11.1 Å². The number of fused-ring (bicyclic) bond motifs is 13. The molecular formula is C65H41N. The third kappa shape index (κ3) is 5.17. The van der Waals surface area contributed by atoms with Gasteiger partial charge < -0.3 is 4.90 Å². The fourth-order valence-electron chi connectivity index (χ4n) is 11.9. The molecular weight excluding hydrogens is 795 g/mol. The maximum absolute atomic E-state index is 2.55. The van der Waals surface area contributed by atoms with Crippen molar-refractivity contribution in [3.63, 3.8) is 0 Å². The van der Waals surface area contributed by atoms with Crippen LogP contribution in [0.5, 0.6) is 0 Å². The molecule has 12 aromatic rings. The number of hydrogen-bond donors (Lipinski definition) is 0. The zero-order valence-electron chi connectivity index (χ0n) is 36.1. The fraction of sp³-hybridized carbons (Fsp3) is 0.0154. The molecule has 2 aliphatic carbocycles. The number of hydrogen-bond acceptors (Lipinski definition) is 1. The second kappa shape index (κ2) is 14.2. The molecule has 0 radical (unpaired) electrons. The molecule has 1 heteroatoms. The van der Waals surface area contributed by atoms with Crippen molar-refractivity contribution >= 4 is 49.4 Å². The molecule has 0 bridgehead atoms. The van der Waals surface area contributed by atoms with Gasteiger partial charge in [-0.05, 0) is 141 Å². The molecule has 0 saturated heterocycles. The molecule has 0 amide bonds. The standard InChI is InChI=1S/C65H41N/c1-3-16-42(17-4-1)43-32-35-48(36-33-43)66(61-29-14-11-22-50(61)44-18-5-2-6-19-44)49-37-39-54-52-24-8-7-23-51(52)53-25-9-12-27-57(53)65(59(54)41-49)58-28-13-10-26-55(58)64-56-38-34-46-21-15-20-45-30-31-47(40-60(64)65)63(56)62(45)46/h1-41H. The Morgan fingerprint density at radius 1 is 0.273 bits per heavy atom. The van der Waals surface area contributed by atoms with Crippen LogP contribution in [0.4, 0.5) is 17.1 Å². The number of nitrogens with zero attached hydrogens (tertiary/aromatic N) is 1. The Hall–Kier alpha value is -8.52. The Morgan fingerprint density at radius 3 is 1.53 bits per heavy atom. The predicted molar refractivity (Wildman–Crippen MR) is 277 cm³/mol. The summed E-state index contributed by atoms with van der Waals surface area (Å²) in [5.74, 6) is 0.